The monoisotopic (exact) mass is 1290 g/mol. The Hall–Kier alpha value is -3.12. The zero-order chi connectivity index (χ0) is 64.3. The van der Waals surface area contributed by atoms with Gasteiger partial charge in [-0.2, -0.15) is 0 Å². The lowest BCUT2D eigenvalue weighted by Gasteiger charge is -2.50. The van der Waals surface area contributed by atoms with E-state index >= 15 is 0 Å². The standard InChI is InChI=1S/C56H88O33/c57-16-32-38(64)42(68)46(72)53(86-32)81-24-8-3-21(4-9-24)52(77)80-18-34-40(66)43(69)47(73)54(87-34)82-25-12-28(60)26-14-31(85-56-49(75)44(70)39(65)33(88-56)17-78-37(63)15-36(61)62)50(83-29(26)13-25)22-5-10-27(59)30(11-22)84-55-48(74)45(71)41(67)35(89-55)19-79-51(76)20-1-6-23(58)7-2-20/h20-35,38-50,53-60,64-75H,1-19H2,(H,61,62)/p+1/t20?,21?,22?,23?,24?,25?,26?,27?,28?,29?,30?,31?,32-,33-,34-,35-,38-,39-,40-,41-,42+,43+,44+,45+,46-,47-,48-,49-,50?,53-,54-,55-,56-/m1/s1. The van der Waals surface area contributed by atoms with Crippen molar-refractivity contribution in [3.63, 3.8) is 0 Å². The predicted molar refractivity (Wildman–Crippen MR) is 285 cm³/mol. The van der Waals surface area contributed by atoms with E-state index in [2.05, 4.69) is 0 Å². The second kappa shape index (κ2) is 31.0. The number of hydrogen-bond acceptors (Lipinski definition) is 31. The second-order valence-electron chi connectivity index (χ2n) is 25.3. The van der Waals surface area contributed by atoms with Crippen LogP contribution in [-0.4, -0.2) is 320 Å². The number of carbonyl (C=O) groups excluding carboxylic acids is 3. The molecule has 4 aliphatic carbocycles. The molecule has 9 aliphatic rings. The molecule has 89 heavy (non-hydrogen) atoms. The molecule has 0 aromatic rings. The molecule has 0 radical (unpaired) electrons. The highest BCUT2D eigenvalue weighted by atomic mass is 16.7. The van der Waals surface area contributed by atoms with Crippen molar-refractivity contribution in [3.8, 4) is 0 Å². The first-order chi connectivity index (χ1) is 42.3. The van der Waals surface area contributed by atoms with Crippen molar-refractivity contribution in [3.05, 3.63) is 0 Å². The summed E-state index contributed by atoms with van der Waals surface area (Å²) >= 11 is 0. The Balaban J connectivity index is 0.852. The molecule has 5 aliphatic heterocycles. The third-order valence-electron chi connectivity index (χ3n) is 19.2. The van der Waals surface area contributed by atoms with Crippen LogP contribution < -0.4 is 0 Å². The van der Waals surface area contributed by atoms with E-state index in [4.69, 9.17) is 61.9 Å². The van der Waals surface area contributed by atoms with Crippen LogP contribution in [0.2, 0.25) is 0 Å². The minimum absolute atomic E-state index is 0.0299. The van der Waals surface area contributed by atoms with Gasteiger partial charge in [-0.15, -0.1) is 0 Å². The van der Waals surface area contributed by atoms with Gasteiger partial charge >= 0.3 is 23.9 Å². The number of esters is 3. The summed E-state index contributed by atoms with van der Waals surface area (Å²) < 4.78 is 69.0. The van der Waals surface area contributed by atoms with Crippen molar-refractivity contribution < 1.29 is 163 Å². The third-order valence-corrected chi connectivity index (χ3v) is 19.2. The molecule has 9 unspecified atom stereocenters. The molecule has 0 aromatic heterocycles. The van der Waals surface area contributed by atoms with Crippen LogP contribution in [0.25, 0.3) is 0 Å². The minimum atomic E-state index is -1.96. The normalized spacial score (nSPS) is 48.1. The molecule has 0 spiro atoms. The number of carboxylic acids is 1. The molecular formula is C56H89O33+. The van der Waals surface area contributed by atoms with Crippen LogP contribution >= 0.6 is 0 Å². The SMILES string of the molecule is O=C(O)CC(=O)OC[C@H]1O[C@@H](OC2CC3C(O)CC(O[C@@H]4O[C@H](COC(=O)C5CCC(O[C@@H]6O[C@H](CO)[C@@H](O)[C@H](O)[C@H]6O)CC5)[C@@H](O)[C@H](O)[C@H]4O)CC3[OH+]C2C2CCC(O)C(O[C@@H]3O[C@H](COC(=O)C4CCC(O)CC4)[C@@H](O)[C@H](O)[C@H]3O)C2)[C@H](O)[C@@H](O)[C@@H]1O. The fourth-order valence-electron chi connectivity index (χ4n) is 13.8. The zero-order valence-corrected chi connectivity index (χ0v) is 48.7. The van der Waals surface area contributed by atoms with E-state index in [-0.39, 0.29) is 64.2 Å². The summed E-state index contributed by atoms with van der Waals surface area (Å²) in [4.78, 5) is 49.6. The van der Waals surface area contributed by atoms with Gasteiger partial charge in [0.05, 0.1) is 61.0 Å². The van der Waals surface area contributed by atoms with Crippen LogP contribution in [0.15, 0.2) is 0 Å². The summed E-state index contributed by atoms with van der Waals surface area (Å²) in [6, 6.07) is 0. The molecule has 0 aromatic carbocycles. The van der Waals surface area contributed by atoms with Crippen molar-refractivity contribution >= 4 is 23.9 Å². The summed E-state index contributed by atoms with van der Waals surface area (Å²) in [5.41, 5.74) is 0. The van der Waals surface area contributed by atoms with Crippen molar-refractivity contribution in [1.29, 1.82) is 0 Å². The van der Waals surface area contributed by atoms with Gasteiger partial charge in [-0.3, -0.25) is 19.2 Å². The van der Waals surface area contributed by atoms with Crippen LogP contribution in [0.1, 0.15) is 96.3 Å². The van der Waals surface area contributed by atoms with Crippen LogP contribution in [0, 0.1) is 23.7 Å². The fraction of sp³-hybridized carbons (Fsp3) is 0.929. The number of aliphatic carboxylic acids is 1. The molecule has 33 heteroatoms. The topological polar surface area (TPSA) is 527 Å². The first-order valence-electron chi connectivity index (χ1n) is 30.8. The van der Waals surface area contributed by atoms with Gasteiger partial charge in [-0.05, 0) is 77.0 Å². The Kier molecular flexibility index (Phi) is 24.4. The Labute approximate surface area is 509 Å². The van der Waals surface area contributed by atoms with E-state index in [1.165, 1.54) is 0 Å². The number of fused-ring (bicyclic) bond motifs is 1. The summed E-state index contributed by atoms with van der Waals surface area (Å²) in [7, 11) is 0. The number of carbonyl (C=O) groups is 4. The number of aliphatic hydroxyl groups is 18. The third kappa shape index (κ3) is 16.7. The molecule has 0 bridgehead atoms. The summed E-state index contributed by atoms with van der Waals surface area (Å²) in [6.07, 6.45) is -40.6. The van der Waals surface area contributed by atoms with E-state index in [9.17, 15) is 101 Å². The molecule has 29 atom stereocenters. The van der Waals surface area contributed by atoms with E-state index in [1.807, 2.05) is 0 Å². The molecule has 4 saturated carbocycles. The number of aliphatic hydroxyl groups excluding tert-OH is 16. The Morgan fingerprint density at radius 2 is 0.854 bits per heavy atom. The average molecular weight is 1290 g/mol. The average Bonchev–Trinajstić information content (AvgIpc) is 0.940. The van der Waals surface area contributed by atoms with Gasteiger partial charge in [0.1, 0.15) is 130 Å². The van der Waals surface area contributed by atoms with Gasteiger partial charge in [0.25, 0.3) is 0 Å². The molecule has 18 N–H and O–H groups in total. The Morgan fingerprint density at radius 1 is 0.416 bits per heavy atom. The lowest BCUT2D eigenvalue weighted by Crippen LogP contribution is -2.64. The molecule has 9 rings (SSSR count). The van der Waals surface area contributed by atoms with Crippen LogP contribution in [0.5, 0.6) is 0 Å². The van der Waals surface area contributed by atoms with Crippen molar-refractivity contribution in [2.45, 2.75) is 274 Å². The number of carboxylic acid groups (broad SMARTS) is 1. The smallest absolute Gasteiger partial charge is 0.317 e. The highest BCUT2D eigenvalue weighted by Gasteiger charge is 2.58. The first kappa shape index (κ1) is 70.2. The van der Waals surface area contributed by atoms with Crippen molar-refractivity contribution in [2.24, 2.45) is 23.7 Å². The van der Waals surface area contributed by atoms with Gasteiger partial charge < -0.3 is 144 Å². The number of ether oxygens (including phenoxy) is 12. The van der Waals surface area contributed by atoms with Crippen molar-refractivity contribution in [2.75, 3.05) is 26.4 Å². The van der Waals surface area contributed by atoms with E-state index < -0.39 is 258 Å². The summed E-state index contributed by atoms with van der Waals surface area (Å²) in [6.45, 7) is -2.55. The van der Waals surface area contributed by atoms with E-state index in [0.29, 0.717) is 25.7 Å². The fourth-order valence-corrected chi connectivity index (χ4v) is 13.8. The first-order valence-corrected chi connectivity index (χ1v) is 30.8. The van der Waals surface area contributed by atoms with Gasteiger partial charge in [0, 0.05) is 18.8 Å². The summed E-state index contributed by atoms with van der Waals surface area (Å²) in [5.74, 6) is -6.52. The highest BCUT2D eigenvalue weighted by Crippen LogP contribution is 2.45. The summed E-state index contributed by atoms with van der Waals surface area (Å²) in [5, 5.41) is 182. The molecule has 0 amide bonds. The largest absolute Gasteiger partial charge is 0.481 e. The van der Waals surface area contributed by atoms with Gasteiger partial charge in [0.15, 0.2) is 37.4 Å². The number of rotatable bonds is 20. The maximum absolute atomic E-state index is 13.4. The Bertz CT molecular complexity index is 2290. The maximum Gasteiger partial charge on any atom is 0.317 e. The zero-order valence-electron chi connectivity index (χ0n) is 48.7. The van der Waals surface area contributed by atoms with Gasteiger partial charge in [-0.25, -0.2) is 0 Å². The molecule has 33 nitrogen and oxygen atoms in total. The van der Waals surface area contributed by atoms with Crippen LogP contribution in [0.4, 0.5) is 0 Å². The molecule has 9 fully saturated rings. The maximum atomic E-state index is 13.4. The van der Waals surface area contributed by atoms with E-state index in [0.717, 1.165) is 0 Å². The Morgan fingerprint density at radius 3 is 1.35 bits per heavy atom. The minimum Gasteiger partial charge on any atom is -0.481 e. The van der Waals surface area contributed by atoms with Gasteiger partial charge in [-0.1, -0.05) is 0 Å². The van der Waals surface area contributed by atoms with Crippen LogP contribution in [-0.2, 0) is 71.3 Å². The second-order valence-corrected chi connectivity index (χ2v) is 25.3. The predicted octanol–water partition coefficient (Wildman–Crippen LogP) is -7.80. The van der Waals surface area contributed by atoms with Crippen LogP contribution in [0.3, 0.4) is 0 Å². The number of hydrogen-bond donors (Lipinski definition) is 17. The molecular weight excluding hydrogens is 1200 g/mol. The lowest BCUT2D eigenvalue weighted by molar-refractivity contribution is -0.364. The highest BCUT2D eigenvalue weighted by molar-refractivity contribution is 5.90. The lowest BCUT2D eigenvalue weighted by atomic mass is 9.72. The van der Waals surface area contributed by atoms with Gasteiger partial charge in [0.2, 0.25) is 0 Å². The van der Waals surface area contributed by atoms with Crippen molar-refractivity contribution in [1.82, 2.24) is 0 Å². The molecule has 510 valence electrons. The quantitative estimate of drug-likeness (QED) is 0.0233. The van der Waals surface area contributed by atoms with E-state index in [1.54, 1.807) is 0 Å². The molecule has 5 saturated heterocycles. The molecule has 5 heterocycles.